The number of nitrogens with zero attached hydrogens (tertiary/aromatic N) is 1. The lowest BCUT2D eigenvalue weighted by Gasteiger charge is -2.13. The van der Waals surface area contributed by atoms with Gasteiger partial charge >= 0.3 is 0 Å². The number of pyridine rings is 1. The summed E-state index contributed by atoms with van der Waals surface area (Å²) in [6, 6.07) is 7.52. The van der Waals surface area contributed by atoms with Crippen molar-refractivity contribution < 1.29 is 4.39 Å². The first-order valence-corrected chi connectivity index (χ1v) is 5.99. The molecule has 1 heterocycles. The van der Waals surface area contributed by atoms with E-state index in [4.69, 9.17) is 5.73 Å². The lowest BCUT2D eigenvalue weighted by Crippen LogP contribution is -2.15. The number of benzene rings is 1. The lowest BCUT2D eigenvalue weighted by molar-refractivity contribution is 0.574. The Kier molecular flexibility index (Phi) is 3.72. The number of hydrogen-bond acceptors (Lipinski definition) is 2. The SMILES string of the molecule is Cc1ccc(CC(N)c2ccncc2F)cc1C. The minimum absolute atomic E-state index is 0.338. The van der Waals surface area contributed by atoms with Crippen molar-refractivity contribution in [2.24, 2.45) is 5.73 Å². The molecule has 2 aromatic rings. The van der Waals surface area contributed by atoms with Gasteiger partial charge in [-0.1, -0.05) is 18.2 Å². The van der Waals surface area contributed by atoms with Crippen LogP contribution in [-0.4, -0.2) is 4.98 Å². The molecule has 1 aromatic carbocycles. The molecule has 0 saturated heterocycles. The van der Waals surface area contributed by atoms with Crippen molar-refractivity contribution in [3.63, 3.8) is 0 Å². The first kappa shape index (κ1) is 12.7. The topological polar surface area (TPSA) is 38.9 Å². The van der Waals surface area contributed by atoms with Crippen LogP contribution in [0.4, 0.5) is 4.39 Å². The summed E-state index contributed by atoms with van der Waals surface area (Å²) in [5, 5.41) is 0. The zero-order chi connectivity index (χ0) is 13.1. The summed E-state index contributed by atoms with van der Waals surface area (Å²) in [6.07, 6.45) is 3.40. The van der Waals surface area contributed by atoms with Gasteiger partial charge in [0.2, 0.25) is 0 Å². The van der Waals surface area contributed by atoms with Gasteiger partial charge in [0.05, 0.1) is 6.20 Å². The average molecular weight is 244 g/mol. The van der Waals surface area contributed by atoms with Gasteiger partial charge in [-0.25, -0.2) is 4.39 Å². The van der Waals surface area contributed by atoms with E-state index in [1.165, 1.54) is 17.3 Å². The average Bonchev–Trinajstić information content (AvgIpc) is 2.34. The van der Waals surface area contributed by atoms with E-state index in [9.17, 15) is 4.39 Å². The monoisotopic (exact) mass is 244 g/mol. The molecule has 0 radical (unpaired) electrons. The van der Waals surface area contributed by atoms with Gasteiger partial charge in [-0.15, -0.1) is 0 Å². The van der Waals surface area contributed by atoms with E-state index in [1.54, 1.807) is 12.3 Å². The van der Waals surface area contributed by atoms with Crippen molar-refractivity contribution in [1.29, 1.82) is 0 Å². The van der Waals surface area contributed by atoms with Gasteiger partial charge < -0.3 is 5.73 Å². The highest BCUT2D eigenvalue weighted by atomic mass is 19.1. The number of rotatable bonds is 3. The summed E-state index contributed by atoms with van der Waals surface area (Å²) < 4.78 is 13.5. The molecule has 1 unspecified atom stereocenters. The van der Waals surface area contributed by atoms with E-state index in [0.717, 1.165) is 5.56 Å². The van der Waals surface area contributed by atoms with E-state index in [-0.39, 0.29) is 11.9 Å². The summed E-state index contributed by atoms with van der Waals surface area (Å²) in [6.45, 7) is 4.14. The molecule has 2 rings (SSSR count). The molecule has 18 heavy (non-hydrogen) atoms. The van der Waals surface area contributed by atoms with Gasteiger partial charge in [0, 0.05) is 17.8 Å². The van der Waals surface area contributed by atoms with Crippen LogP contribution in [0.5, 0.6) is 0 Å². The molecule has 0 fully saturated rings. The highest BCUT2D eigenvalue weighted by Crippen LogP contribution is 2.19. The molecule has 2 nitrogen and oxygen atoms in total. The van der Waals surface area contributed by atoms with Crippen molar-refractivity contribution in [2.45, 2.75) is 26.3 Å². The largest absolute Gasteiger partial charge is 0.324 e. The zero-order valence-corrected chi connectivity index (χ0v) is 10.7. The molecule has 0 aliphatic carbocycles. The van der Waals surface area contributed by atoms with Gasteiger partial charge in [-0.2, -0.15) is 0 Å². The lowest BCUT2D eigenvalue weighted by atomic mass is 9.97. The number of aryl methyl sites for hydroxylation is 2. The predicted molar refractivity (Wildman–Crippen MR) is 70.7 cm³/mol. The van der Waals surface area contributed by atoms with E-state index < -0.39 is 0 Å². The van der Waals surface area contributed by atoms with Crippen molar-refractivity contribution in [2.75, 3.05) is 0 Å². The molecule has 0 spiro atoms. The maximum absolute atomic E-state index is 13.5. The third-order valence-electron chi connectivity index (χ3n) is 3.23. The van der Waals surface area contributed by atoms with E-state index in [1.807, 2.05) is 6.07 Å². The summed E-state index contributed by atoms with van der Waals surface area (Å²) in [4.78, 5) is 3.73. The molecular formula is C15H17FN2. The van der Waals surface area contributed by atoms with Crippen LogP contribution in [0, 0.1) is 19.7 Å². The molecule has 2 N–H and O–H groups in total. The quantitative estimate of drug-likeness (QED) is 0.901. The first-order chi connectivity index (χ1) is 8.58. The summed E-state index contributed by atoms with van der Waals surface area (Å²) >= 11 is 0. The molecule has 0 bridgehead atoms. The Morgan fingerprint density at radius 3 is 2.67 bits per heavy atom. The number of hydrogen-bond donors (Lipinski definition) is 1. The number of halogens is 1. The fourth-order valence-electron chi connectivity index (χ4n) is 1.98. The number of nitrogens with two attached hydrogens (primary N) is 1. The summed E-state index contributed by atoms with van der Waals surface area (Å²) in [7, 11) is 0. The van der Waals surface area contributed by atoms with E-state index in [2.05, 4.69) is 31.0 Å². The maximum atomic E-state index is 13.5. The highest BCUT2D eigenvalue weighted by molar-refractivity contribution is 5.31. The van der Waals surface area contributed by atoms with Crippen LogP contribution in [0.2, 0.25) is 0 Å². The summed E-state index contributed by atoms with van der Waals surface area (Å²) in [5.41, 5.74) is 10.2. The van der Waals surface area contributed by atoms with Gasteiger partial charge in [-0.3, -0.25) is 4.98 Å². The van der Waals surface area contributed by atoms with E-state index in [0.29, 0.717) is 12.0 Å². The van der Waals surface area contributed by atoms with Crippen LogP contribution in [0.25, 0.3) is 0 Å². The molecule has 0 aliphatic rings. The molecule has 3 heteroatoms. The third kappa shape index (κ3) is 2.74. The van der Waals surface area contributed by atoms with Crippen molar-refractivity contribution in [3.8, 4) is 0 Å². The fraction of sp³-hybridized carbons (Fsp3) is 0.267. The Hall–Kier alpha value is -1.74. The predicted octanol–water partition coefficient (Wildman–Crippen LogP) is 3.08. The number of aromatic nitrogens is 1. The molecular weight excluding hydrogens is 227 g/mol. The second-order valence-corrected chi connectivity index (χ2v) is 4.63. The highest BCUT2D eigenvalue weighted by Gasteiger charge is 2.12. The Bertz CT molecular complexity index is 552. The molecule has 1 aromatic heterocycles. The molecule has 0 amide bonds. The second-order valence-electron chi connectivity index (χ2n) is 4.63. The second kappa shape index (κ2) is 5.27. The summed E-state index contributed by atoms with van der Waals surface area (Å²) in [5.74, 6) is -0.339. The normalized spacial score (nSPS) is 12.4. The van der Waals surface area contributed by atoms with Crippen LogP contribution >= 0.6 is 0 Å². The van der Waals surface area contributed by atoms with Crippen LogP contribution in [0.15, 0.2) is 36.7 Å². The third-order valence-corrected chi connectivity index (χ3v) is 3.23. The minimum Gasteiger partial charge on any atom is -0.324 e. The Balaban J connectivity index is 2.19. The Morgan fingerprint density at radius 2 is 2.00 bits per heavy atom. The Morgan fingerprint density at radius 1 is 1.22 bits per heavy atom. The van der Waals surface area contributed by atoms with Crippen LogP contribution in [-0.2, 0) is 6.42 Å². The van der Waals surface area contributed by atoms with Gasteiger partial charge in [0.25, 0.3) is 0 Å². The molecule has 1 atom stereocenters. The smallest absolute Gasteiger partial charge is 0.146 e. The van der Waals surface area contributed by atoms with Crippen molar-refractivity contribution in [3.05, 3.63) is 64.7 Å². The van der Waals surface area contributed by atoms with Crippen LogP contribution < -0.4 is 5.73 Å². The van der Waals surface area contributed by atoms with E-state index >= 15 is 0 Å². The fourth-order valence-corrected chi connectivity index (χ4v) is 1.98. The Labute approximate surface area is 107 Å². The standard InChI is InChI=1S/C15H17FN2/c1-10-3-4-12(7-11(10)2)8-15(17)13-5-6-18-9-14(13)16/h3-7,9,15H,8,17H2,1-2H3. The maximum Gasteiger partial charge on any atom is 0.146 e. The zero-order valence-electron chi connectivity index (χ0n) is 10.7. The molecule has 0 saturated carbocycles. The van der Waals surface area contributed by atoms with Gasteiger partial charge in [-0.05, 0) is 43.0 Å². The van der Waals surface area contributed by atoms with Gasteiger partial charge in [0.15, 0.2) is 0 Å². The molecule has 0 aliphatic heterocycles. The van der Waals surface area contributed by atoms with Crippen LogP contribution in [0.1, 0.15) is 28.3 Å². The van der Waals surface area contributed by atoms with Crippen LogP contribution in [0.3, 0.4) is 0 Å². The molecule has 94 valence electrons. The van der Waals surface area contributed by atoms with Crippen molar-refractivity contribution >= 4 is 0 Å². The minimum atomic E-state index is -0.339. The van der Waals surface area contributed by atoms with Gasteiger partial charge in [0.1, 0.15) is 5.82 Å². The first-order valence-electron chi connectivity index (χ1n) is 5.99. The van der Waals surface area contributed by atoms with Crippen molar-refractivity contribution in [1.82, 2.24) is 4.98 Å².